The lowest BCUT2D eigenvalue weighted by atomic mass is 9.90. The fraction of sp³-hybridized carbons (Fsp3) is 0.200. The lowest BCUT2D eigenvalue weighted by molar-refractivity contribution is -0.126. The van der Waals surface area contributed by atoms with Crippen molar-refractivity contribution in [3.8, 4) is 0 Å². The number of amides is 3. The van der Waals surface area contributed by atoms with Crippen LogP contribution in [0.3, 0.4) is 0 Å². The van der Waals surface area contributed by atoms with Crippen molar-refractivity contribution in [1.82, 2.24) is 10.2 Å². The van der Waals surface area contributed by atoms with E-state index in [-0.39, 0.29) is 11.9 Å². The van der Waals surface area contributed by atoms with E-state index in [2.05, 4.69) is 21.2 Å². The number of benzene rings is 1. The molecule has 2 heterocycles. The molecule has 0 aliphatic carbocycles. The van der Waals surface area contributed by atoms with Gasteiger partial charge in [0, 0.05) is 4.88 Å². The summed E-state index contributed by atoms with van der Waals surface area (Å²) in [7, 11) is 0. The SMILES string of the molecule is CC1(c2ccccc2)C(=O)NC(=O)N1Cc1ccc(Br)s1. The number of thiophene rings is 1. The largest absolute Gasteiger partial charge is 0.325 e. The van der Waals surface area contributed by atoms with Crippen molar-refractivity contribution in [1.29, 1.82) is 0 Å². The van der Waals surface area contributed by atoms with Gasteiger partial charge in [-0.3, -0.25) is 10.1 Å². The molecule has 4 nitrogen and oxygen atoms in total. The lowest BCUT2D eigenvalue weighted by Gasteiger charge is -2.31. The number of nitrogens with zero attached hydrogens (tertiary/aromatic N) is 1. The van der Waals surface area contributed by atoms with Gasteiger partial charge in [-0.2, -0.15) is 0 Å². The van der Waals surface area contributed by atoms with Crippen LogP contribution in [0.4, 0.5) is 4.79 Å². The van der Waals surface area contributed by atoms with Gasteiger partial charge in [0.2, 0.25) is 0 Å². The molecular formula is C15H13BrN2O2S. The van der Waals surface area contributed by atoms with Crippen molar-refractivity contribution >= 4 is 39.2 Å². The van der Waals surface area contributed by atoms with Gasteiger partial charge in [0.1, 0.15) is 5.54 Å². The van der Waals surface area contributed by atoms with Gasteiger partial charge in [-0.1, -0.05) is 30.3 Å². The van der Waals surface area contributed by atoms with Crippen LogP contribution >= 0.6 is 27.3 Å². The molecule has 3 amide bonds. The van der Waals surface area contributed by atoms with Crippen molar-refractivity contribution in [2.45, 2.75) is 19.0 Å². The summed E-state index contributed by atoms with van der Waals surface area (Å²) in [4.78, 5) is 27.1. The van der Waals surface area contributed by atoms with Gasteiger partial charge in [-0.15, -0.1) is 11.3 Å². The topological polar surface area (TPSA) is 49.4 Å². The predicted octanol–water partition coefficient (Wildman–Crippen LogP) is 3.48. The summed E-state index contributed by atoms with van der Waals surface area (Å²) in [5.41, 5.74) is -0.168. The highest BCUT2D eigenvalue weighted by Gasteiger charge is 2.50. The zero-order valence-corrected chi connectivity index (χ0v) is 13.7. The van der Waals surface area contributed by atoms with Crippen molar-refractivity contribution < 1.29 is 9.59 Å². The molecule has 1 aliphatic rings. The van der Waals surface area contributed by atoms with Crippen molar-refractivity contribution in [3.63, 3.8) is 0 Å². The average Bonchev–Trinajstić information content (AvgIpc) is 2.98. The Hall–Kier alpha value is -1.66. The Balaban J connectivity index is 2.00. The number of urea groups is 1. The van der Waals surface area contributed by atoms with Crippen LogP contribution in [0.5, 0.6) is 0 Å². The first-order valence-corrected chi connectivity index (χ1v) is 8.05. The van der Waals surface area contributed by atoms with Gasteiger partial charge in [0.25, 0.3) is 5.91 Å². The molecule has 1 saturated heterocycles. The number of halogens is 1. The zero-order valence-electron chi connectivity index (χ0n) is 11.3. The Morgan fingerprint density at radius 1 is 1.19 bits per heavy atom. The third-order valence-electron chi connectivity index (χ3n) is 3.73. The highest BCUT2D eigenvalue weighted by molar-refractivity contribution is 9.11. The second-order valence-corrected chi connectivity index (χ2v) is 7.54. The Kier molecular flexibility index (Phi) is 3.59. The molecule has 0 spiro atoms. The van der Waals surface area contributed by atoms with Crippen LogP contribution in [0.25, 0.3) is 0 Å². The number of rotatable bonds is 3. The quantitative estimate of drug-likeness (QED) is 0.847. The molecule has 1 aromatic heterocycles. The van der Waals surface area contributed by atoms with E-state index >= 15 is 0 Å². The highest BCUT2D eigenvalue weighted by Crippen LogP contribution is 2.35. The van der Waals surface area contributed by atoms with Crippen LogP contribution in [0.2, 0.25) is 0 Å². The van der Waals surface area contributed by atoms with Crippen molar-refractivity contribution in [3.05, 3.63) is 56.7 Å². The fourth-order valence-electron chi connectivity index (χ4n) is 2.48. The molecule has 3 rings (SSSR count). The summed E-state index contributed by atoms with van der Waals surface area (Å²) in [6, 6.07) is 12.9. The van der Waals surface area contributed by atoms with Gasteiger partial charge < -0.3 is 4.90 Å². The normalized spacial score (nSPS) is 21.7. The van der Waals surface area contributed by atoms with E-state index in [0.717, 1.165) is 14.2 Å². The zero-order chi connectivity index (χ0) is 15.0. The van der Waals surface area contributed by atoms with E-state index in [1.807, 2.05) is 42.5 Å². The maximum atomic E-state index is 12.3. The van der Waals surface area contributed by atoms with Gasteiger partial charge in [-0.25, -0.2) is 4.79 Å². The molecule has 1 atom stereocenters. The number of carbonyl (C=O) groups is 2. The second-order valence-electron chi connectivity index (χ2n) is 4.99. The van der Waals surface area contributed by atoms with E-state index in [1.165, 1.54) is 0 Å². The molecule has 1 N–H and O–H groups in total. The van der Waals surface area contributed by atoms with E-state index in [4.69, 9.17) is 0 Å². The first-order valence-electron chi connectivity index (χ1n) is 6.44. The van der Waals surface area contributed by atoms with Crippen LogP contribution in [0.15, 0.2) is 46.3 Å². The number of hydrogen-bond donors (Lipinski definition) is 1. The minimum absolute atomic E-state index is 0.283. The Morgan fingerprint density at radius 2 is 1.90 bits per heavy atom. The van der Waals surface area contributed by atoms with Crippen LogP contribution in [-0.4, -0.2) is 16.8 Å². The molecule has 1 unspecified atom stereocenters. The Bertz CT molecular complexity index is 701. The standard InChI is InChI=1S/C15H13BrN2O2S/c1-15(10-5-3-2-4-6-10)13(19)17-14(20)18(15)9-11-7-8-12(16)21-11/h2-8H,9H2,1H3,(H,17,19,20). The fourth-order valence-corrected chi connectivity index (χ4v) is 3.96. The number of carbonyl (C=O) groups excluding carboxylic acids is 2. The average molecular weight is 365 g/mol. The summed E-state index contributed by atoms with van der Waals surface area (Å²) in [6.07, 6.45) is 0. The lowest BCUT2D eigenvalue weighted by Crippen LogP contribution is -2.43. The first kappa shape index (κ1) is 14.3. The second kappa shape index (κ2) is 5.27. The molecule has 0 saturated carbocycles. The van der Waals surface area contributed by atoms with Crippen LogP contribution in [0.1, 0.15) is 17.4 Å². The van der Waals surface area contributed by atoms with E-state index in [1.54, 1.807) is 23.2 Å². The molecule has 108 valence electrons. The molecule has 0 radical (unpaired) electrons. The molecule has 2 aromatic rings. The molecule has 6 heteroatoms. The molecule has 21 heavy (non-hydrogen) atoms. The monoisotopic (exact) mass is 364 g/mol. The van der Waals surface area contributed by atoms with E-state index in [9.17, 15) is 9.59 Å². The van der Waals surface area contributed by atoms with E-state index in [0.29, 0.717) is 6.54 Å². The third-order valence-corrected chi connectivity index (χ3v) is 5.33. The van der Waals surface area contributed by atoms with Crippen LogP contribution < -0.4 is 5.32 Å². The molecule has 1 aliphatic heterocycles. The number of nitrogens with one attached hydrogen (secondary N) is 1. The Morgan fingerprint density at radius 3 is 2.52 bits per heavy atom. The van der Waals surface area contributed by atoms with Gasteiger partial charge in [-0.05, 0) is 40.5 Å². The predicted molar refractivity (Wildman–Crippen MR) is 84.9 cm³/mol. The number of imide groups is 1. The number of hydrogen-bond acceptors (Lipinski definition) is 3. The first-order chi connectivity index (χ1) is 10.0. The summed E-state index contributed by atoms with van der Waals surface area (Å²) in [5, 5.41) is 2.42. The van der Waals surface area contributed by atoms with Gasteiger partial charge >= 0.3 is 6.03 Å². The molecular weight excluding hydrogens is 352 g/mol. The minimum Gasteiger partial charge on any atom is -0.301 e. The third kappa shape index (κ3) is 2.38. The summed E-state index contributed by atoms with van der Waals surface area (Å²) < 4.78 is 1.00. The highest BCUT2D eigenvalue weighted by atomic mass is 79.9. The maximum absolute atomic E-state index is 12.3. The van der Waals surface area contributed by atoms with E-state index < -0.39 is 5.54 Å². The summed E-state index contributed by atoms with van der Waals surface area (Å²) in [6.45, 7) is 2.18. The maximum Gasteiger partial charge on any atom is 0.325 e. The smallest absolute Gasteiger partial charge is 0.301 e. The Labute approximate surface area is 134 Å². The molecule has 1 aromatic carbocycles. The van der Waals surface area contributed by atoms with Crippen molar-refractivity contribution in [2.24, 2.45) is 0 Å². The van der Waals surface area contributed by atoms with Crippen LogP contribution in [0, 0.1) is 0 Å². The minimum atomic E-state index is -0.977. The molecule has 0 bridgehead atoms. The van der Waals surface area contributed by atoms with Gasteiger partial charge in [0.05, 0.1) is 10.3 Å². The molecule has 1 fully saturated rings. The van der Waals surface area contributed by atoms with Crippen molar-refractivity contribution in [2.75, 3.05) is 0 Å². The summed E-state index contributed by atoms with van der Waals surface area (Å²) >= 11 is 4.97. The van der Waals surface area contributed by atoms with Gasteiger partial charge in [0.15, 0.2) is 0 Å². The summed E-state index contributed by atoms with van der Waals surface area (Å²) in [5.74, 6) is -0.283. The van der Waals surface area contributed by atoms with Crippen LogP contribution in [-0.2, 0) is 16.9 Å².